The third-order valence-corrected chi connectivity index (χ3v) is 1.34. The molecule has 0 aliphatic carbocycles. The Labute approximate surface area is 81.5 Å². The molecule has 1 rings (SSSR count). The summed E-state index contributed by atoms with van der Waals surface area (Å²) >= 11 is 0. The predicted octanol–water partition coefficient (Wildman–Crippen LogP) is 1.14. The van der Waals surface area contributed by atoms with Crippen LogP contribution < -0.4 is 10.5 Å². The fourth-order valence-corrected chi connectivity index (χ4v) is 0.790. The van der Waals surface area contributed by atoms with E-state index in [9.17, 15) is 13.2 Å². The van der Waals surface area contributed by atoms with E-state index in [0.717, 1.165) is 0 Å². The second-order valence-corrected chi connectivity index (χ2v) is 2.40. The van der Waals surface area contributed by atoms with Gasteiger partial charge in [0, 0.05) is 6.07 Å². The number of alkyl halides is 3. The smallest absolute Gasteiger partial charge is 0.503 e. The van der Waals surface area contributed by atoms with Crippen LogP contribution in [-0.2, 0) is 0 Å². The van der Waals surface area contributed by atoms with E-state index in [4.69, 9.17) is 16.1 Å². The lowest BCUT2D eigenvalue weighted by Gasteiger charge is -2.09. The molecule has 0 aliphatic rings. The van der Waals surface area contributed by atoms with E-state index in [0.29, 0.717) is 6.07 Å². The van der Waals surface area contributed by atoms with Gasteiger partial charge in [0.1, 0.15) is 11.6 Å². The molecule has 0 aromatic carbocycles. The number of nitrogen functional groups attached to an aromatic ring is 1. The van der Waals surface area contributed by atoms with E-state index >= 15 is 0 Å². The number of ether oxygens (including phenoxy) is 1. The molecule has 3 N–H and O–H groups in total. The minimum absolute atomic E-state index is 0.443. The van der Waals surface area contributed by atoms with Gasteiger partial charge in [-0.15, -0.1) is 13.2 Å². The molecule has 8 heteroatoms. The number of hydrogen-bond donors (Lipinski definition) is 2. The van der Waals surface area contributed by atoms with Crippen LogP contribution in [0.4, 0.5) is 19.0 Å². The number of rotatable bonds is 1. The molecule has 15 heavy (non-hydrogen) atoms. The molecule has 0 radical (unpaired) electrons. The van der Waals surface area contributed by atoms with E-state index in [1.54, 1.807) is 0 Å². The summed E-state index contributed by atoms with van der Waals surface area (Å²) in [5, 5.41) is 17.5. The second-order valence-electron chi connectivity index (χ2n) is 2.40. The van der Waals surface area contributed by atoms with Crippen molar-refractivity contribution in [1.29, 1.82) is 5.26 Å². The highest BCUT2D eigenvalue weighted by atomic mass is 19.4. The minimum atomic E-state index is -4.93. The summed E-state index contributed by atoms with van der Waals surface area (Å²) < 4.78 is 38.7. The Kier molecular flexibility index (Phi) is 2.57. The lowest BCUT2D eigenvalue weighted by molar-refractivity contribution is -0.276. The number of anilines is 1. The molecule has 5 nitrogen and oxygen atoms in total. The molecule has 80 valence electrons. The van der Waals surface area contributed by atoms with Crippen molar-refractivity contribution in [3.8, 4) is 17.7 Å². The summed E-state index contributed by atoms with van der Waals surface area (Å²) in [5.41, 5.74) is 4.61. The summed E-state index contributed by atoms with van der Waals surface area (Å²) in [6.07, 6.45) is -4.93. The summed E-state index contributed by atoms with van der Waals surface area (Å²) in [7, 11) is 0. The Morgan fingerprint density at radius 2 is 2.13 bits per heavy atom. The Balaban J connectivity index is 3.13. The van der Waals surface area contributed by atoms with Crippen molar-refractivity contribution >= 4 is 5.82 Å². The standard InChI is InChI=1S/C7H4F3N3O2/c8-7(9,10)15-4-1-3(2-11)5(14)6(12)13-4/h1,14H,(H2,12,13). The third kappa shape index (κ3) is 2.63. The fourth-order valence-electron chi connectivity index (χ4n) is 0.790. The quantitative estimate of drug-likeness (QED) is 0.738. The van der Waals surface area contributed by atoms with Gasteiger partial charge in [-0.05, 0) is 0 Å². The van der Waals surface area contributed by atoms with E-state index in [-0.39, 0.29) is 0 Å². The van der Waals surface area contributed by atoms with Gasteiger partial charge >= 0.3 is 6.36 Å². The van der Waals surface area contributed by atoms with Crippen molar-refractivity contribution in [2.75, 3.05) is 5.73 Å². The SMILES string of the molecule is N#Cc1cc(OC(F)(F)F)nc(N)c1O. The summed E-state index contributed by atoms with van der Waals surface area (Å²) in [6.45, 7) is 0. The number of pyridine rings is 1. The van der Waals surface area contributed by atoms with E-state index in [1.807, 2.05) is 0 Å². The van der Waals surface area contributed by atoms with Crippen LogP contribution in [0.15, 0.2) is 6.07 Å². The van der Waals surface area contributed by atoms with Crippen LogP contribution >= 0.6 is 0 Å². The fraction of sp³-hybridized carbons (Fsp3) is 0.143. The number of hydrogen-bond acceptors (Lipinski definition) is 5. The highest BCUT2D eigenvalue weighted by Gasteiger charge is 2.32. The van der Waals surface area contributed by atoms with Gasteiger partial charge in [-0.2, -0.15) is 10.2 Å². The molecule has 0 spiro atoms. The van der Waals surface area contributed by atoms with Crippen molar-refractivity contribution in [2.45, 2.75) is 6.36 Å². The maximum Gasteiger partial charge on any atom is 0.574 e. The number of nitriles is 1. The molecule has 0 saturated carbocycles. The van der Waals surface area contributed by atoms with Crippen LogP contribution in [0.5, 0.6) is 11.6 Å². The van der Waals surface area contributed by atoms with Crippen LogP contribution in [-0.4, -0.2) is 16.5 Å². The maximum atomic E-state index is 11.8. The molecular weight excluding hydrogens is 215 g/mol. The van der Waals surface area contributed by atoms with Crippen molar-refractivity contribution in [1.82, 2.24) is 4.98 Å². The van der Waals surface area contributed by atoms with Crippen molar-refractivity contribution < 1.29 is 23.0 Å². The van der Waals surface area contributed by atoms with Gasteiger partial charge in [-0.1, -0.05) is 0 Å². The highest BCUT2D eigenvalue weighted by molar-refractivity contribution is 5.57. The molecular formula is C7H4F3N3O2. The van der Waals surface area contributed by atoms with Crippen molar-refractivity contribution in [2.24, 2.45) is 0 Å². The average Bonchev–Trinajstić information content (AvgIpc) is 2.08. The number of aromatic nitrogens is 1. The summed E-state index contributed by atoms with van der Waals surface area (Å²) in [5.74, 6) is -2.17. The lowest BCUT2D eigenvalue weighted by Crippen LogP contribution is -2.18. The Hall–Kier alpha value is -2.17. The van der Waals surface area contributed by atoms with Crippen LogP contribution in [0.1, 0.15) is 5.56 Å². The highest BCUT2D eigenvalue weighted by Crippen LogP contribution is 2.29. The lowest BCUT2D eigenvalue weighted by atomic mass is 10.2. The van der Waals surface area contributed by atoms with Gasteiger partial charge in [0.2, 0.25) is 5.88 Å². The van der Waals surface area contributed by atoms with Crippen LogP contribution in [0.25, 0.3) is 0 Å². The molecule has 0 atom stereocenters. The first kappa shape index (κ1) is 10.9. The molecule has 0 saturated heterocycles. The largest absolute Gasteiger partial charge is 0.574 e. The van der Waals surface area contributed by atoms with E-state index < -0.39 is 29.4 Å². The van der Waals surface area contributed by atoms with Gasteiger partial charge in [0.25, 0.3) is 0 Å². The molecule has 0 amide bonds. The third-order valence-electron chi connectivity index (χ3n) is 1.34. The average molecular weight is 219 g/mol. The topological polar surface area (TPSA) is 92.2 Å². The Morgan fingerprint density at radius 1 is 1.53 bits per heavy atom. The zero-order valence-electron chi connectivity index (χ0n) is 7.04. The van der Waals surface area contributed by atoms with Crippen LogP contribution in [0.3, 0.4) is 0 Å². The Bertz CT molecular complexity index is 425. The van der Waals surface area contributed by atoms with Crippen molar-refractivity contribution in [3.63, 3.8) is 0 Å². The minimum Gasteiger partial charge on any atom is -0.503 e. The molecule has 1 aromatic heterocycles. The summed E-state index contributed by atoms with van der Waals surface area (Å²) in [4.78, 5) is 3.10. The zero-order valence-corrected chi connectivity index (χ0v) is 7.04. The van der Waals surface area contributed by atoms with Crippen molar-refractivity contribution in [3.05, 3.63) is 11.6 Å². The number of nitrogens with zero attached hydrogens (tertiary/aromatic N) is 2. The van der Waals surface area contributed by atoms with Crippen LogP contribution in [0.2, 0.25) is 0 Å². The second kappa shape index (κ2) is 3.53. The molecule has 0 bridgehead atoms. The molecule has 0 aliphatic heterocycles. The maximum absolute atomic E-state index is 11.8. The van der Waals surface area contributed by atoms with Gasteiger partial charge in [-0.3, -0.25) is 0 Å². The van der Waals surface area contributed by atoms with E-state index in [1.165, 1.54) is 6.07 Å². The molecule has 0 unspecified atom stereocenters. The molecule has 0 fully saturated rings. The molecule has 1 aromatic rings. The van der Waals surface area contributed by atoms with Gasteiger partial charge in [-0.25, -0.2) is 0 Å². The number of nitrogens with two attached hydrogens (primary N) is 1. The molecule has 1 heterocycles. The van der Waals surface area contributed by atoms with Crippen LogP contribution in [0, 0.1) is 11.3 Å². The normalized spacial score (nSPS) is 10.8. The van der Waals surface area contributed by atoms with Gasteiger partial charge in [0.15, 0.2) is 11.6 Å². The first-order valence-electron chi connectivity index (χ1n) is 3.49. The van der Waals surface area contributed by atoms with Gasteiger partial charge < -0.3 is 15.6 Å². The summed E-state index contributed by atoms with van der Waals surface area (Å²) in [6, 6.07) is 2.08. The number of halogens is 3. The monoisotopic (exact) mass is 219 g/mol. The number of aromatic hydroxyl groups is 1. The first-order valence-corrected chi connectivity index (χ1v) is 3.49. The first-order chi connectivity index (χ1) is 6.83. The predicted molar refractivity (Wildman–Crippen MR) is 41.7 cm³/mol. The Morgan fingerprint density at radius 3 is 2.60 bits per heavy atom. The van der Waals surface area contributed by atoms with E-state index in [2.05, 4.69) is 9.72 Å². The zero-order chi connectivity index (χ0) is 11.6. The van der Waals surface area contributed by atoms with Gasteiger partial charge in [0.05, 0.1) is 0 Å².